The second-order valence-corrected chi connectivity index (χ2v) is 5.41. The summed E-state index contributed by atoms with van der Waals surface area (Å²) >= 11 is 8.94. The minimum Gasteiger partial charge on any atom is -0.388 e. The van der Waals surface area contributed by atoms with Crippen molar-refractivity contribution in [3.05, 3.63) is 63.1 Å². The fourth-order valence-corrected chi connectivity index (χ4v) is 2.28. The molecule has 0 fully saturated rings. The highest BCUT2D eigenvalue weighted by Gasteiger charge is 2.17. The van der Waals surface area contributed by atoms with Gasteiger partial charge in [0.15, 0.2) is 0 Å². The van der Waals surface area contributed by atoms with Gasteiger partial charge in [-0.15, -0.1) is 0 Å². The Morgan fingerprint density at radius 3 is 2.84 bits per heavy atom. The fraction of sp³-hybridized carbons (Fsp3) is 0.214. The predicted molar refractivity (Wildman–Crippen MR) is 76.6 cm³/mol. The molecule has 0 radical (unpaired) electrons. The minimum atomic E-state index is -0.884. The van der Waals surface area contributed by atoms with Crippen molar-refractivity contribution in [2.24, 2.45) is 0 Å². The molecule has 5 heteroatoms. The summed E-state index contributed by atoms with van der Waals surface area (Å²) in [5.74, 6) is -0.574. The van der Waals surface area contributed by atoms with E-state index in [9.17, 15) is 9.50 Å². The van der Waals surface area contributed by atoms with Crippen LogP contribution in [0.2, 0.25) is 5.02 Å². The van der Waals surface area contributed by atoms with E-state index in [4.69, 9.17) is 11.6 Å². The average molecular weight is 345 g/mol. The van der Waals surface area contributed by atoms with Crippen molar-refractivity contribution in [1.29, 1.82) is 0 Å². The summed E-state index contributed by atoms with van der Waals surface area (Å²) in [6.07, 6.45) is 3.58. The standard InChI is InChI=1S/C14H12BrClFNO/c15-11-5-4-10(14(17)13(11)16)12(19)6-3-9-2-1-7-18-8-9/h1-2,4-5,7-8,12,19H,3,6H2. The van der Waals surface area contributed by atoms with E-state index in [1.165, 1.54) is 0 Å². The van der Waals surface area contributed by atoms with Crippen molar-refractivity contribution in [2.75, 3.05) is 0 Å². The number of hydrogen-bond acceptors (Lipinski definition) is 2. The number of halogens is 3. The zero-order valence-corrected chi connectivity index (χ0v) is 12.3. The van der Waals surface area contributed by atoms with Gasteiger partial charge in [0, 0.05) is 22.4 Å². The third-order valence-electron chi connectivity index (χ3n) is 2.85. The summed E-state index contributed by atoms with van der Waals surface area (Å²) in [6.45, 7) is 0. The number of aliphatic hydroxyl groups excluding tert-OH is 1. The van der Waals surface area contributed by atoms with Crippen molar-refractivity contribution in [1.82, 2.24) is 4.98 Å². The van der Waals surface area contributed by atoms with E-state index in [1.54, 1.807) is 24.5 Å². The molecule has 1 aromatic carbocycles. The first-order chi connectivity index (χ1) is 9.09. The summed E-state index contributed by atoms with van der Waals surface area (Å²) in [4.78, 5) is 4.00. The minimum absolute atomic E-state index is 0.00192. The largest absolute Gasteiger partial charge is 0.388 e. The third-order valence-corrected chi connectivity index (χ3v) is 4.11. The van der Waals surface area contributed by atoms with E-state index >= 15 is 0 Å². The molecule has 19 heavy (non-hydrogen) atoms. The molecule has 1 heterocycles. The molecule has 2 rings (SSSR count). The van der Waals surface area contributed by atoms with Crippen molar-refractivity contribution in [2.45, 2.75) is 18.9 Å². The van der Waals surface area contributed by atoms with Crippen LogP contribution in [-0.2, 0) is 6.42 Å². The molecule has 1 unspecified atom stereocenters. The van der Waals surface area contributed by atoms with Gasteiger partial charge < -0.3 is 5.11 Å². The van der Waals surface area contributed by atoms with Gasteiger partial charge in [-0.25, -0.2) is 4.39 Å². The van der Waals surface area contributed by atoms with Gasteiger partial charge in [-0.2, -0.15) is 0 Å². The van der Waals surface area contributed by atoms with E-state index in [2.05, 4.69) is 20.9 Å². The van der Waals surface area contributed by atoms with Crippen LogP contribution in [0.25, 0.3) is 0 Å². The van der Waals surface area contributed by atoms with Gasteiger partial charge in [0.1, 0.15) is 5.82 Å². The highest BCUT2D eigenvalue weighted by molar-refractivity contribution is 9.10. The van der Waals surface area contributed by atoms with Gasteiger partial charge >= 0.3 is 0 Å². The van der Waals surface area contributed by atoms with E-state index in [0.717, 1.165) is 5.56 Å². The monoisotopic (exact) mass is 343 g/mol. The van der Waals surface area contributed by atoms with E-state index < -0.39 is 11.9 Å². The topological polar surface area (TPSA) is 33.1 Å². The summed E-state index contributed by atoms with van der Waals surface area (Å²) in [7, 11) is 0. The van der Waals surface area contributed by atoms with Crippen molar-refractivity contribution in [3.8, 4) is 0 Å². The summed E-state index contributed by atoms with van der Waals surface area (Å²) in [5.41, 5.74) is 1.22. The molecular formula is C14H12BrClFNO. The second kappa shape index (κ2) is 6.46. The van der Waals surface area contributed by atoms with Crippen molar-refractivity contribution < 1.29 is 9.50 Å². The molecule has 1 N–H and O–H groups in total. The van der Waals surface area contributed by atoms with Crippen LogP contribution in [0.3, 0.4) is 0 Å². The molecule has 0 aliphatic carbocycles. The molecule has 2 aromatic rings. The lowest BCUT2D eigenvalue weighted by Crippen LogP contribution is -2.03. The van der Waals surface area contributed by atoms with E-state index in [-0.39, 0.29) is 10.6 Å². The van der Waals surface area contributed by atoms with Crippen LogP contribution in [-0.4, -0.2) is 10.1 Å². The maximum atomic E-state index is 13.9. The molecule has 0 saturated heterocycles. The maximum Gasteiger partial charge on any atom is 0.148 e. The lowest BCUT2D eigenvalue weighted by Gasteiger charge is -2.13. The Balaban J connectivity index is 2.08. The number of hydrogen-bond donors (Lipinski definition) is 1. The lowest BCUT2D eigenvalue weighted by atomic mass is 10.0. The van der Waals surface area contributed by atoms with Gasteiger partial charge in [-0.05, 0) is 46.5 Å². The Labute approximate surface area is 124 Å². The smallest absolute Gasteiger partial charge is 0.148 e. The van der Waals surface area contributed by atoms with Crippen molar-refractivity contribution >= 4 is 27.5 Å². The molecular weight excluding hydrogens is 333 g/mol. The first kappa shape index (κ1) is 14.4. The number of pyridine rings is 1. The third kappa shape index (κ3) is 3.53. The summed E-state index contributed by atoms with van der Waals surface area (Å²) < 4.78 is 14.4. The molecule has 0 aliphatic heterocycles. The predicted octanol–water partition coefficient (Wildman–Crippen LogP) is 4.30. The molecule has 100 valence electrons. The molecule has 0 aliphatic rings. The van der Waals surface area contributed by atoms with Crippen LogP contribution >= 0.6 is 27.5 Å². The maximum absolute atomic E-state index is 13.9. The summed E-state index contributed by atoms with van der Waals surface area (Å²) in [6, 6.07) is 6.93. The molecule has 1 atom stereocenters. The SMILES string of the molecule is OC(CCc1cccnc1)c1ccc(Br)c(Cl)c1F. The van der Waals surface area contributed by atoms with Gasteiger partial charge in [0.25, 0.3) is 0 Å². The highest BCUT2D eigenvalue weighted by atomic mass is 79.9. The van der Waals surface area contributed by atoms with Gasteiger partial charge in [0.2, 0.25) is 0 Å². The normalized spacial score (nSPS) is 12.4. The quantitative estimate of drug-likeness (QED) is 0.839. The van der Waals surface area contributed by atoms with Crippen molar-refractivity contribution in [3.63, 3.8) is 0 Å². The van der Waals surface area contributed by atoms with Crippen LogP contribution in [0.4, 0.5) is 4.39 Å². The number of nitrogens with zero attached hydrogens (tertiary/aromatic N) is 1. The Morgan fingerprint density at radius 1 is 1.37 bits per heavy atom. The second-order valence-electron chi connectivity index (χ2n) is 4.18. The van der Waals surface area contributed by atoms with Crippen LogP contribution in [0, 0.1) is 5.82 Å². The Hall–Kier alpha value is -0.970. The van der Waals surface area contributed by atoms with E-state index in [0.29, 0.717) is 17.3 Å². The first-order valence-electron chi connectivity index (χ1n) is 5.80. The molecule has 1 aromatic heterocycles. The van der Waals surface area contributed by atoms with Gasteiger partial charge in [0.05, 0.1) is 11.1 Å². The Morgan fingerprint density at radius 2 is 2.16 bits per heavy atom. The van der Waals surface area contributed by atoms with Crippen LogP contribution in [0.5, 0.6) is 0 Å². The Kier molecular flexibility index (Phi) is 4.91. The van der Waals surface area contributed by atoms with Crippen LogP contribution in [0.15, 0.2) is 41.1 Å². The zero-order valence-electron chi connectivity index (χ0n) is 9.98. The lowest BCUT2D eigenvalue weighted by molar-refractivity contribution is 0.163. The summed E-state index contributed by atoms with van der Waals surface area (Å²) in [5, 5.41) is 10.0. The Bertz CT molecular complexity index is 565. The zero-order chi connectivity index (χ0) is 13.8. The molecule has 0 amide bonds. The molecule has 2 nitrogen and oxygen atoms in total. The number of benzene rings is 1. The number of rotatable bonds is 4. The first-order valence-corrected chi connectivity index (χ1v) is 6.97. The molecule has 0 bridgehead atoms. The van der Waals surface area contributed by atoms with E-state index in [1.807, 2.05) is 12.1 Å². The molecule has 0 spiro atoms. The molecule has 0 saturated carbocycles. The number of aliphatic hydroxyl groups is 1. The number of aryl methyl sites for hydroxylation is 1. The van der Waals surface area contributed by atoms with Crippen LogP contribution in [0.1, 0.15) is 23.7 Å². The average Bonchev–Trinajstić information content (AvgIpc) is 2.43. The van der Waals surface area contributed by atoms with Gasteiger partial charge in [-0.1, -0.05) is 23.7 Å². The fourth-order valence-electron chi connectivity index (χ4n) is 1.80. The number of aromatic nitrogens is 1. The van der Waals surface area contributed by atoms with Crippen LogP contribution < -0.4 is 0 Å². The van der Waals surface area contributed by atoms with Gasteiger partial charge in [-0.3, -0.25) is 4.98 Å². The highest BCUT2D eigenvalue weighted by Crippen LogP contribution is 2.31.